The second-order valence-electron chi connectivity index (χ2n) is 8.88. The number of rotatable bonds is 8. The van der Waals surface area contributed by atoms with E-state index in [4.69, 9.17) is 16.3 Å². The summed E-state index contributed by atoms with van der Waals surface area (Å²) >= 11 is 6.36. The molecule has 0 unspecified atom stereocenters. The highest BCUT2D eigenvalue weighted by atomic mass is 35.5. The minimum absolute atomic E-state index is 0.0557. The Morgan fingerprint density at radius 1 is 1.00 bits per heavy atom. The zero-order valence-corrected chi connectivity index (χ0v) is 20.7. The lowest BCUT2D eigenvalue weighted by Crippen LogP contribution is -2.34. The number of piperidine rings is 1. The summed E-state index contributed by atoms with van der Waals surface area (Å²) in [6.07, 6.45) is -2.24. The lowest BCUT2D eigenvalue weighted by atomic mass is 9.94. The standard InChI is InChI=1S/C25H25ClF5N3O3/c1-32-22(23(26)24(35)34(32)17-2-4-18(5-3-17)37-25(29,30)31)15-33-11-8-16(9-12-33)10-13-36-19-6-7-20(27)21(28)14-19/h2-7,14,16H,8-13,15H2,1H3. The molecule has 1 fully saturated rings. The van der Waals surface area contributed by atoms with Crippen LogP contribution in [0.2, 0.25) is 5.02 Å². The monoisotopic (exact) mass is 545 g/mol. The largest absolute Gasteiger partial charge is 0.573 e. The highest BCUT2D eigenvalue weighted by Gasteiger charge is 2.31. The van der Waals surface area contributed by atoms with Gasteiger partial charge in [0.15, 0.2) is 11.6 Å². The average molecular weight is 546 g/mol. The van der Waals surface area contributed by atoms with Crippen LogP contribution in [0.25, 0.3) is 5.69 Å². The Morgan fingerprint density at radius 3 is 2.27 bits per heavy atom. The van der Waals surface area contributed by atoms with E-state index >= 15 is 0 Å². The fourth-order valence-corrected chi connectivity index (χ4v) is 4.68. The summed E-state index contributed by atoms with van der Waals surface area (Å²) in [5.41, 5.74) is 0.491. The minimum atomic E-state index is -4.80. The molecule has 0 bridgehead atoms. The van der Waals surface area contributed by atoms with Crippen molar-refractivity contribution in [2.24, 2.45) is 13.0 Å². The van der Waals surface area contributed by atoms with Gasteiger partial charge in [0.1, 0.15) is 16.5 Å². The van der Waals surface area contributed by atoms with Crippen LogP contribution >= 0.6 is 11.6 Å². The molecule has 0 aliphatic carbocycles. The van der Waals surface area contributed by atoms with E-state index in [9.17, 15) is 26.7 Å². The molecule has 3 aromatic rings. The topological polar surface area (TPSA) is 48.6 Å². The van der Waals surface area contributed by atoms with Crippen molar-refractivity contribution in [3.05, 3.63) is 75.2 Å². The van der Waals surface area contributed by atoms with E-state index in [1.165, 1.54) is 22.9 Å². The molecule has 2 heterocycles. The first-order valence-corrected chi connectivity index (χ1v) is 12.0. The predicted octanol–water partition coefficient (Wildman–Crippen LogP) is 5.69. The van der Waals surface area contributed by atoms with E-state index in [0.717, 1.165) is 56.6 Å². The van der Waals surface area contributed by atoms with Crippen LogP contribution < -0.4 is 15.0 Å². The maximum Gasteiger partial charge on any atom is 0.573 e. The lowest BCUT2D eigenvalue weighted by Gasteiger charge is -2.32. The van der Waals surface area contributed by atoms with Crippen LogP contribution in [0.1, 0.15) is 25.0 Å². The Hall–Kier alpha value is -3.05. The van der Waals surface area contributed by atoms with Crippen LogP contribution in [-0.2, 0) is 13.6 Å². The van der Waals surface area contributed by atoms with Crippen LogP contribution in [0.5, 0.6) is 11.5 Å². The van der Waals surface area contributed by atoms with Crippen molar-refractivity contribution in [1.82, 2.24) is 14.3 Å². The number of aromatic nitrogens is 2. The van der Waals surface area contributed by atoms with E-state index < -0.39 is 23.6 Å². The van der Waals surface area contributed by atoms with Crippen LogP contribution in [0.15, 0.2) is 47.3 Å². The first kappa shape index (κ1) is 27.0. The molecule has 0 amide bonds. The van der Waals surface area contributed by atoms with Crippen LogP contribution in [-0.4, -0.2) is 40.3 Å². The molecular weight excluding hydrogens is 521 g/mol. The van der Waals surface area contributed by atoms with E-state index in [-0.39, 0.29) is 10.8 Å². The van der Waals surface area contributed by atoms with Gasteiger partial charge in [0.25, 0.3) is 5.56 Å². The van der Waals surface area contributed by atoms with E-state index in [2.05, 4.69) is 9.64 Å². The first-order valence-electron chi connectivity index (χ1n) is 11.6. The molecule has 1 aliphatic rings. The third-order valence-electron chi connectivity index (χ3n) is 6.41. The summed E-state index contributed by atoms with van der Waals surface area (Å²) in [6, 6.07) is 8.45. The number of alkyl halides is 3. The maximum absolute atomic E-state index is 13.3. The zero-order chi connectivity index (χ0) is 26.7. The number of hydrogen-bond donors (Lipinski definition) is 0. The number of benzene rings is 2. The van der Waals surface area contributed by atoms with Crippen molar-refractivity contribution in [3.63, 3.8) is 0 Å². The summed E-state index contributed by atoms with van der Waals surface area (Å²) in [5.74, 6) is -1.55. The molecule has 0 N–H and O–H groups in total. The maximum atomic E-state index is 13.3. The van der Waals surface area contributed by atoms with Crippen LogP contribution in [0, 0.1) is 17.6 Å². The quantitative estimate of drug-likeness (QED) is 0.341. The Morgan fingerprint density at radius 2 is 1.65 bits per heavy atom. The highest BCUT2D eigenvalue weighted by molar-refractivity contribution is 6.31. The molecule has 0 atom stereocenters. The van der Waals surface area contributed by atoms with Crippen molar-refractivity contribution in [2.45, 2.75) is 32.2 Å². The SMILES string of the molecule is Cn1c(CN2CCC(CCOc3ccc(F)c(F)c3)CC2)c(Cl)c(=O)n1-c1ccc(OC(F)(F)F)cc1. The molecule has 1 saturated heterocycles. The van der Waals surface area contributed by atoms with Crippen molar-refractivity contribution in [2.75, 3.05) is 19.7 Å². The van der Waals surface area contributed by atoms with Gasteiger partial charge in [-0.3, -0.25) is 14.4 Å². The molecule has 1 aliphatic heterocycles. The van der Waals surface area contributed by atoms with Gasteiger partial charge in [-0.05, 0) is 74.7 Å². The Bertz CT molecular complexity index is 1280. The van der Waals surface area contributed by atoms with Gasteiger partial charge < -0.3 is 9.47 Å². The molecule has 0 radical (unpaired) electrons. The van der Waals surface area contributed by atoms with Gasteiger partial charge in [0.05, 0.1) is 18.0 Å². The highest BCUT2D eigenvalue weighted by Crippen LogP contribution is 2.26. The molecule has 0 saturated carbocycles. The number of ether oxygens (including phenoxy) is 2. The first-order chi connectivity index (χ1) is 17.5. The zero-order valence-electron chi connectivity index (χ0n) is 19.9. The summed E-state index contributed by atoms with van der Waals surface area (Å²) < 4.78 is 75.9. The van der Waals surface area contributed by atoms with Gasteiger partial charge in [-0.2, -0.15) is 0 Å². The van der Waals surface area contributed by atoms with Crippen molar-refractivity contribution < 1.29 is 31.4 Å². The van der Waals surface area contributed by atoms with Gasteiger partial charge in [-0.25, -0.2) is 13.5 Å². The molecule has 4 rings (SSSR count). The van der Waals surface area contributed by atoms with Crippen LogP contribution in [0.3, 0.4) is 0 Å². The minimum Gasteiger partial charge on any atom is -0.493 e. The van der Waals surface area contributed by atoms with Crippen LogP contribution in [0.4, 0.5) is 22.0 Å². The summed E-state index contributed by atoms with van der Waals surface area (Å²) in [7, 11) is 1.67. The fraction of sp³-hybridized carbons (Fsp3) is 0.400. The summed E-state index contributed by atoms with van der Waals surface area (Å²) in [4.78, 5) is 15.0. The van der Waals surface area contributed by atoms with Gasteiger partial charge in [-0.1, -0.05) is 11.6 Å². The van der Waals surface area contributed by atoms with Gasteiger partial charge in [0.2, 0.25) is 0 Å². The number of hydrogen-bond acceptors (Lipinski definition) is 4. The van der Waals surface area contributed by atoms with Gasteiger partial charge in [0, 0.05) is 19.7 Å². The predicted molar refractivity (Wildman–Crippen MR) is 127 cm³/mol. The van der Waals surface area contributed by atoms with Gasteiger partial charge in [-0.15, -0.1) is 13.2 Å². The smallest absolute Gasteiger partial charge is 0.493 e. The molecule has 12 heteroatoms. The van der Waals surface area contributed by atoms with E-state index in [1.54, 1.807) is 11.7 Å². The number of nitrogens with zero attached hydrogens (tertiary/aromatic N) is 3. The summed E-state index contributed by atoms with van der Waals surface area (Å²) in [5, 5.41) is 0.0557. The Labute approximate surface area is 214 Å². The van der Waals surface area contributed by atoms with Crippen molar-refractivity contribution >= 4 is 11.6 Å². The van der Waals surface area contributed by atoms with E-state index in [1.807, 2.05) is 0 Å². The van der Waals surface area contributed by atoms with Crippen molar-refractivity contribution in [3.8, 4) is 17.2 Å². The lowest BCUT2D eigenvalue weighted by molar-refractivity contribution is -0.274. The second kappa shape index (κ2) is 11.1. The second-order valence-corrected chi connectivity index (χ2v) is 9.25. The average Bonchev–Trinajstić information content (AvgIpc) is 3.05. The fourth-order valence-electron chi connectivity index (χ4n) is 4.42. The molecule has 6 nitrogen and oxygen atoms in total. The molecular formula is C25H25ClF5N3O3. The molecule has 2 aromatic carbocycles. The summed E-state index contributed by atoms with van der Waals surface area (Å²) in [6.45, 7) is 2.38. The third-order valence-corrected chi connectivity index (χ3v) is 6.79. The normalized spacial score (nSPS) is 15.2. The molecule has 200 valence electrons. The van der Waals surface area contributed by atoms with Gasteiger partial charge >= 0.3 is 6.36 Å². The van der Waals surface area contributed by atoms with E-state index in [0.29, 0.717) is 36.2 Å². The van der Waals surface area contributed by atoms with Crippen molar-refractivity contribution in [1.29, 1.82) is 0 Å². The Balaban J connectivity index is 1.33. The third kappa shape index (κ3) is 6.64. The Kier molecular flexibility index (Phi) is 8.13. The molecule has 1 aromatic heterocycles. The number of likely N-dealkylation sites (tertiary alicyclic amines) is 1. The molecule has 37 heavy (non-hydrogen) atoms. The molecule has 0 spiro atoms. The number of halogens is 6.